The Balaban J connectivity index is 2.11. The van der Waals surface area contributed by atoms with E-state index in [1.54, 1.807) is 22.7 Å². The molecule has 16 heavy (non-hydrogen) atoms. The summed E-state index contributed by atoms with van der Waals surface area (Å²) in [6.07, 6.45) is 1.04. The lowest BCUT2D eigenvalue weighted by Gasteiger charge is -2.15. The highest BCUT2D eigenvalue weighted by atomic mass is 35.5. The number of hydrogen-bond donors (Lipinski definition) is 1. The van der Waals surface area contributed by atoms with E-state index in [2.05, 4.69) is 35.1 Å². The Hall–Kier alpha value is -0.350. The number of likely N-dealkylation sites (N-methyl/N-ethyl adjacent to an activating group) is 1. The summed E-state index contributed by atoms with van der Waals surface area (Å²) < 4.78 is 0.864. The number of hydrogen-bond acceptors (Lipinski definition) is 3. The molecular weight excluding hydrogens is 258 g/mol. The smallest absolute Gasteiger partial charge is 0.0931 e. The largest absolute Gasteiger partial charge is 0.309 e. The average molecular weight is 272 g/mol. The third-order valence-corrected chi connectivity index (χ3v) is 4.48. The minimum Gasteiger partial charge on any atom is -0.309 e. The molecule has 0 amide bonds. The van der Waals surface area contributed by atoms with E-state index in [0.29, 0.717) is 6.04 Å². The molecule has 2 aromatic heterocycles. The zero-order valence-electron chi connectivity index (χ0n) is 9.07. The van der Waals surface area contributed by atoms with Gasteiger partial charge in [0.2, 0.25) is 0 Å². The quantitative estimate of drug-likeness (QED) is 0.852. The van der Waals surface area contributed by atoms with Gasteiger partial charge in [-0.3, -0.25) is 0 Å². The van der Waals surface area contributed by atoms with Gasteiger partial charge >= 0.3 is 0 Å². The van der Waals surface area contributed by atoms with Crippen LogP contribution in [0.15, 0.2) is 29.0 Å². The maximum absolute atomic E-state index is 5.98. The fourth-order valence-corrected chi connectivity index (χ4v) is 3.50. The van der Waals surface area contributed by atoms with Crippen molar-refractivity contribution in [1.82, 2.24) is 5.32 Å². The van der Waals surface area contributed by atoms with Crippen LogP contribution in [0.5, 0.6) is 0 Å². The molecule has 0 aliphatic heterocycles. The van der Waals surface area contributed by atoms with Crippen LogP contribution in [-0.2, 0) is 6.42 Å². The molecule has 0 aromatic carbocycles. The van der Waals surface area contributed by atoms with Gasteiger partial charge in [-0.05, 0) is 47.5 Å². The lowest BCUT2D eigenvalue weighted by atomic mass is 10.1. The Morgan fingerprint density at radius 2 is 2.25 bits per heavy atom. The predicted molar refractivity (Wildman–Crippen MR) is 73.8 cm³/mol. The van der Waals surface area contributed by atoms with E-state index in [1.165, 1.54) is 10.4 Å². The van der Waals surface area contributed by atoms with Gasteiger partial charge < -0.3 is 5.32 Å². The first-order valence-corrected chi connectivity index (χ1v) is 7.43. The first-order chi connectivity index (χ1) is 7.79. The Bertz CT molecular complexity index is 422. The summed E-state index contributed by atoms with van der Waals surface area (Å²) in [4.78, 5) is 1.32. The van der Waals surface area contributed by atoms with Gasteiger partial charge in [0.25, 0.3) is 0 Å². The summed E-state index contributed by atoms with van der Waals surface area (Å²) in [6, 6.07) is 6.66. The second-order valence-electron chi connectivity index (χ2n) is 3.59. The van der Waals surface area contributed by atoms with Crippen molar-refractivity contribution < 1.29 is 0 Å². The van der Waals surface area contributed by atoms with Crippen LogP contribution in [0.2, 0.25) is 4.34 Å². The molecular formula is C12H14ClNS2. The number of nitrogens with one attached hydrogen (secondary N) is 1. The molecule has 86 valence electrons. The van der Waals surface area contributed by atoms with Crippen molar-refractivity contribution in [2.24, 2.45) is 0 Å². The molecule has 0 radical (unpaired) electrons. The molecule has 0 bridgehead atoms. The summed E-state index contributed by atoms with van der Waals surface area (Å²) in [5.74, 6) is 0. The molecule has 0 aliphatic rings. The van der Waals surface area contributed by atoms with E-state index in [4.69, 9.17) is 11.6 Å². The van der Waals surface area contributed by atoms with E-state index >= 15 is 0 Å². The van der Waals surface area contributed by atoms with Crippen LogP contribution in [0, 0.1) is 0 Å². The van der Waals surface area contributed by atoms with Crippen LogP contribution in [0.4, 0.5) is 0 Å². The van der Waals surface area contributed by atoms with Crippen LogP contribution < -0.4 is 5.32 Å². The summed E-state index contributed by atoms with van der Waals surface area (Å²) in [5, 5.41) is 7.84. The Labute approximate surface area is 109 Å². The van der Waals surface area contributed by atoms with Gasteiger partial charge in [0.1, 0.15) is 0 Å². The normalized spacial score (nSPS) is 12.9. The topological polar surface area (TPSA) is 12.0 Å². The highest BCUT2D eigenvalue weighted by molar-refractivity contribution is 7.16. The maximum Gasteiger partial charge on any atom is 0.0931 e. The van der Waals surface area contributed by atoms with Gasteiger partial charge in [0.15, 0.2) is 0 Å². The van der Waals surface area contributed by atoms with E-state index in [0.717, 1.165) is 17.3 Å². The lowest BCUT2D eigenvalue weighted by molar-refractivity contribution is 0.559. The van der Waals surface area contributed by atoms with Gasteiger partial charge in [-0.2, -0.15) is 11.3 Å². The summed E-state index contributed by atoms with van der Waals surface area (Å²) in [6.45, 7) is 3.11. The van der Waals surface area contributed by atoms with Crippen LogP contribution in [0.1, 0.15) is 23.4 Å². The van der Waals surface area contributed by atoms with Gasteiger partial charge in [-0.1, -0.05) is 18.5 Å². The minimum absolute atomic E-state index is 0.386. The molecule has 0 aliphatic carbocycles. The van der Waals surface area contributed by atoms with Crippen molar-refractivity contribution in [2.75, 3.05) is 6.54 Å². The molecule has 0 saturated carbocycles. The van der Waals surface area contributed by atoms with Crippen molar-refractivity contribution in [3.8, 4) is 0 Å². The zero-order valence-corrected chi connectivity index (χ0v) is 11.5. The molecule has 4 heteroatoms. The summed E-state index contributed by atoms with van der Waals surface area (Å²) in [7, 11) is 0. The molecule has 0 fully saturated rings. The standard InChI is InChI=1S/C12H14ClNS2/c1-2-14-10(7-9-5-6-15-8-9)11-3-4-12(13)16-11/h3-6,8,10,14H,2,7H2,1H3. The molecule has 1 N–H and O–H groups in total. The highest BCUT2D eigenvalue weighted by Gasteiger charge is 2.13. The molecule has 1 nitrogen and oxygen atoms in total. The first-order valence-electron chi connectivity index (χ1n) is 5.29. The highest BCUT2D eigenvalue weighted by Crippen LogP contribution is 2.29. The molecule has 2 aromatic rings. The van der Waals surface area contributed by atoms with E-state index < -0.39 is 0 Å². The van der Waals surface area contributed by atoms with Crippen molar-refractivity contribution in [2.45, 2.75) is 19.4 Å². The molecule has 1 atom stereocenters. The molecule has 1 unspecified atom stereocenters. The van der Waals surface area contributed by atoms with Crippen LogP contribution in [0.3, 0.4) is 0 Å². The fourth-order valence-electron chi connectivity index (χ4n) is 1.68. The Morgan fingerprint density at radius 1 is 1.38 bits per heavy atom. The Morgan fingerprint density at radius 3 is 2.81 bits per heavy atom. The second-order valence-corrected chi connectivity index (χ2v) is 6.11. The van der Waals surface area contributed by atoms with Crippen molar-refractivity contribution in [3.05, 3.63) is 43.7 Å². The average Bonchev–Trinajstić information content (AvgIpc) is 2.88. The van der Waals surface area contributed by atoms with Crippen LogP contribution >= 0.6 is 34.3 Å². The fraction of sp³-hybridized carbons (Fsp3) is 0.333. The van der Waals surface area contributed by atoms with Gasteiger partial charge in [-0.15, -0.1) is 11.3 Å². The summed E-state index contributed by atoms with van der Waals surface area (Å²) in [5.41, 5.74) is 1.39. The zero-order chi connectivity index (χ0) is 11.4. The van der Waals surface area contributed by atoms with E-state index in [1.807, 2.05) is 6.07 Å². The monoisotopic (exact) mass is 271 g/mol. The third kappa shape index (κ3) is 3.08. The summed E-state index contributed by atoms with van der Waals surface area (Å²) >= 11 is 9.39. The van der Waals surface area contributed by atoms with Crippen molar-refractivity contribution in [1.29, 1.82) is 0 Å². The van der Waals surface area contributed by atoms with Crippen molar-refractivity contribution in [3.63, 3.8) is 0 Å². The van der Waals surface area contributed by atoms with Crippen molar-refractivity contribution >= 4 is 34.3 Å². The first kappa shape index (κ1) is 12.1. The third-order valence-electron chi connectivity index (χ3n) is 2.41. The second kappa shape index (κ2) is 5.82. The van der Waals surface area contributed by atoms with Crippen LogP contribution in [-0.4, -0.2) is 6.54 Å². The molecule has 2 heterocycles. The van der Waals surface area contributed by atoms with Gasteiger partial charge in [0, 0.05) is 10.9 Å². The van der Waals surface area contributed by atoms with Gasteiger partial charge in [-0.25, -0.2) is 0 Å². The van der Waals surface area contributed by atoms with Gasteiger partial charge in [0.05, 0.1) is 4.34 Å². The molecule has 0 saturated heterocycles. The number of halogens is 1. The molecule has 2 rings (SSSR count). The van der Waals surface area contributed by atoms with Crippen LogP contribution in [0.25, 0.3) is 0 Å². The number of rotatable bonds is 5. The number of thiophene rings is 2. The lowest BCUT2D eigenvalue weighted by Crippen LogP contribution is -2.21. The predicted octanol–water partition coefficient (Wildman–Crippen LogP) is 4.36. The van der Waals surface area contributed by atoms with E-state index in [9.17, 15) is 0 Å². The maximum atomic E-state index is 5.98. The Kier molecular flexibility index (Phi) is 4.41. The SMILES string of the molecule is CCNC(Cc1ccsc1)c1ccc(Cl)s1. The van der Waals surface area contributed by atoms with E-state index in [-0.39, 0.29) is 0 Å². The molecule has 0 spiro atoms. The minimum atomic E-state index is 0.386.